The molecule has 0 heterocycles. The lowest BCUT2D eigenvalue weighted by atomic mass is 10.2. The first-order valence-electron chi connectivity index (χ1n) is 7.89. The Morgan fingerprint density at radius 2 is 1.54 bits per heavy atom. The lowest BCUT2D eigenvalue weighted by Crippen LogP contribution is -2.14. The molecule has 0 saturated heterocycles. The third kappa shape index (κ3) is 4.89. The quantitative estimate of drug-likeness (QED) is 0.517. The summed E-state index contributed by atoms with van der Waals surface area (Å²) in [6.45, 7) is 0. The predicted octanol–water partition coefficient (Wildman–Crippen LogP) is 5.29. The number of carbonyl (C=O) groups is 1. The first-order valence-corrected chi connectivity index (χ1v) is 10.5. The van der Waals surface area contributed by atoms with Crippen LogP contribution < -0.4 is 10.0 Å². The molecule has 2 N–H and O–H groups in total. The van der Waals surface area contributed by atoms with Gasteiger partial charge in [-0.2, -0.15) is 0 Å². The fourth-order valence-electron chi connectivity index (χ4n) is 2.32. The molecule has 0 bridgehead atoms. The normalized spacial score (nSPS) is 11.1. The van der Waals surface area contributed by atoms with E-state index in [0.29, 0.717) is 15.2 Å². The highest BCUT2D eigenvalue weighted by Crippen LogP contribution is 2.23. The molecule has 0 spiro atoms. The van der Waals surface area contributed by atoms with Gasteiger partial charge in [0.05, 0.1) is 15.5 Å². The van der Waals surface area contributed by atoms with E-state index in [-0.39, 0.29) is 16.1 Å². The second kappa shape index (κ2) is 8.30. The summed E-state index contributed by atoms with van der Waals surface area (Å²) >= 11 is 9.32. The van der Waals surface area contributed by atoms with Gasteiger partial charge >= 0.3 is 0 Å². The molecular weight excluding hydrogens is 471 g/mol. The topological polar surface area (TPSA) is 75.3 Å². The molecule has 0 aliphatic carbocycles. The number of anilines is 2. The number of amides is 1. The number of rotatable bonds is 5. The maximum absolute atomic E-state index is 12.9. The molecule has 9 heteroatoms. The summed E-state index contributed by atoms with van der Waals surface area (Å²) in [4.78, 5) is 12.4. The van der Waals surface area contributed by atoms with Crippen LogP contribution in [0.25, 0.3) is 0 Å². The van der Waals surface area contributed by atoms with Crippen LogP contribution in [0.4, 0.5) is 15.8 Å². The third-order valence-electron chi connectivity index (χ3n) is 3.69. The minimum Gasteiger partial charge on any atom is -0.322 e. The fourth-order valence-corrected chi connectivity index (χ4v) is 3.94. The van der Waals surface area contributed by atoms with Crippen molar-refractivity contribution in [3.63, 3.8) is 0 Å². The maximum Gasteiger partial charge on any atom is 0.261 e. The third-order valence-corrected chi connectivity index (χ3v) is 5.91. The fraction of sp³-hybridized carbons (Fsp3) is 0. The lowest BCUT2D eigenvalue weighted by Gasteiger charge is -2.10. The molecule has 0 aromatic heterocycles. The number of carbonyl (C=O) groups excluding carboxylic acids is 1. The summed E-state index contributed by atoms with van der Waals surface area (Å²) in [5.41, 5.74) is 0.926. The summed E-state index contributed by atoms with van der Waals surface area (Å²) in [5.74, 6) is -0.889. The second-order valence-electron chi connectivity index (χ2n) is 5.72. The molecule has 0 saturated carbocycles. The molecule has 1 amide bonds. The lowest BCUT2D eigenvalue weighted by molar-refractivity contribution is 0.102. The van der Waals surface area contributed by atoms with Crippen LogP contribution in [-0.4, -0.2) is 14.3 Å². The van der Waals surface area contributed by atoms with E-state index in [1.165, 1.54) is 36.4 Å². The average molecular weight is 484 g/mol. The van der Waals surface area contributed by atoms with Crippen molar-refractivity contribution in [2.45, 2.75) is 4.90 Å². The van der Waals surface area contributed by atoms with Gasteiger partial charge in [-0.25, -0.2) is 12.8 Å². The first kappa shape index (κ1) is 20.3. The number of hydrogen-bond donors (Lipinski definition) is 2. The highest BCUT2D eigenvalue weighted by molar-refractivity contribution is 9.10. The van der Waals surface area contributed by atoms with E-state index in [0.717, 1.165) is 12.1 Å². The van der Waals surface area contributed by atoms with Crippen LogP contribution in [0.1, 0.15) is 10.4 Å². The number of benzene rings is 3. The highest BCUT2D eigenvalue weighted by atomic mass is 79.9. The van der Waals surface area contributed by atoms with Crippen molar-refractivity contribution in [1.82, 2.24) is 0 Å². The Bertz CT molecular complexity index is 1120. The average Bonchev–Trinajstić information content (AvgIpc) is 2.66. The van der Waals surface area contributed by atoms with E-state index >= 15 is 0 Å². The van der Waals surface area contributed by atoms with Gasteiger partial charge in [-0.1, -0.05) is 27.5 Å². The molecule has 3 rings (SSSR count). The molecule has 0 unspecified atom stereocenters. The van der Waals surface area contributed by atoms with Crippen LogP contribution in [0.5, 0.6) is 0 Å². The standard InChI is InChI=1S/C19H13BrClFN2O3S/c20-12-1-10-18(21)17(11-12)19(25)23-14-6-8-16(9-7-14)28(26,27)24-15-4-2-13(22)3-5-15/h1-11,24H,(H,23,25). The minimum absolute atomic E-state index is 0.00434. The first-order chi connectivity index (χ1) is 13.2. The van der Waals surface area contributed by atoms with Gasteiger partial charge in [0, 0.05) is 15.8 Å². The van der Waals surface area contributed by atoms with Gasteiger partial charge in [0.1, 0.15) is 5.82 Å². The van der Waals surface area contributed by atoms with Gasteiger partial charge in [0.15, 0.2) is 0 Å². The van der Waals surface area contributed by atoms with Crippen molar-refractivity contribution in [3.05, 3.63) is 87.6 Å². The molecule has 3 aromatic carbocycles. The van der Waals surface area contributed by atoms with Gasteiger partial charge < -0.3 is 5.32 Å². The van der Waals surface area contributed by atoms with Gasteiger partial charge in [0.2, 0.25) is 0 Å². The molecule has 28 heavy (non-hydrogen) atoms. The van der Waals surface area contributed by atoms with Crippen molar-refractivity contribution in [1.29, 1.82) is 0 Å². The number of nitrogens with one attached hydrogen (secondary N) is 2. The van der Waals surface area contributed by atoms with Crippen molar-refractivity contribution in [2.75, 3.05) is 10.0 Å². The van der Waals surface area contributed by atoms with Crippen LogP contribution in [0.15, 0.2) is 76.1 Å². The van der Waals surface area contributed by atoms with E-state index < -0.39 is 21.7 Å². The zero-order valence-corrected chi connectivity index (χ0v) is 17.3. The summed E-state index contributed by atoms with van der Waals surface area (Å²) in [7, 11) is -3.85. The molecule has 3 aromatic rings. The van der Waals surface area contributed by atoms with Crippen LogP contribution in [-0.2, 0) is 10.0 Å². The van der Waals surface area contributed by atoms with E-state index in [9.17, 15) is 17.6 Å². The van der Waals surface area contributed by atoms with Crippen LogP contribution >= 0.6 is 27.5 Å². The summed E-state index contributed by atoms with van der Waals surface area (Å²) < 4.78 is 40.8. The van der Waals surface area contributed by atoms with Crippen molar-refractivity contribution >= 4 is 54.8 Å². The Labute approximate surface area is 174 Å². The molecule has 0 aliphatic rings. The summed E-state index contributed by atoms with van der Waals surface area (Å²) in [5, 5.41) is 2.95. The molecule has 0 aliphatic heterocycles. The Morgan fingerprint density at radius 1 is 0.929 bits per heavy atom. The van der Waals surface area contributed by atoms with E-state index in [2.05, 4.69) is 26.0 Å². The number of sulfonamides is 1. The predicted molar refractivity (Wildman–Crippen MR) is 111 cm³/mol. The maximum atomic E-state index is 12.9. The molecule has 0 radical (unpaired) electrons. The van der Waals surface area contributed by atoms with Crippen molar-refractivity contribution in [2.24, 2.45) is 0 Å². The molecular formula is C19H13BrClFN2O3S. The van der Waals surface area contributed by atoms with E-state index in [1.54, 1.807) is 18.2 Å². The Morgan fingerprint density at radius 3 is 2.18 bits per heavy atom. The SMILES string of the molecule is O=C(Nc1ccc(S(=O)(=O)Nc2ccc(F)cc2)cc1)c1cc(Br)ccc1Cl. The minimum atomic E-state index is -3.85. The van der Waals surface area contributed by atoms with Gasteiger partial charge in [-0.05, 0) is 66.7 Å². The zero-order chi connectivity index (χ0) is 20.3. The molecule has 5 nitrogen and oxygen atoms in total. The summed E-state index contributed by atoms with van der Waals surface area (Å²) in [6.07, 6.45) is 0. The second-order valence-corrected chi connectivity index (χ2v) is 8.72. The van der Waals surface area contributed by atoms with E-state index in [1.807, 2.05) is 0 Å². The van der Waals surface area contributed by atoms with Gasteiger partial charge in [-0.3, -0.25) is 9.52 Å². The molecule has 0 atom stereocenters. The van der Waals surface area contributed by atoms with Crippen LogP contribution in [0.2, 0.25) is 5.02 Å². The zero-order valence-electron chi connectivity index (χ0n) is 14.1. The number of hydrogen-bond acceptors (Lipinski definition) is 3. The van der Waals surface area contributed by atoms with E-state index in [4.69, 9.17) is 11.6 Å². The van der Waals surface area contributed by atoms with Crippen LogP contribution in [0, 0.1) is 5.82 Å². The monoisotopic (exact) mass is 482 g/mol. The summed E-state index contributed by atoms with van der Waals surface area (Å²) in [6, 6.07) is 15.5. The smallest absolute Gasteiger partial charge is 0.261 e. The Kier molecular flexibility index (Phi) is 6.02. The Balaban J connectivity index is 1.74. The molecule has 144 valence electrons. The highest BCUT2D eigenvalue weighted by Gasteiger charge is 2.15. The number of halogens is 3. The molecule has 0 fully saturated rings. The van der Waals surface area contributed by atoms with Crippen LogP contribution in [0.3, 0.4) is 0 Å². The van der Waals surface area contributed by atoms with Gasteiger partial charge in [-0.15, -0.1) is 0 Å². The Hall–Kier alpha value is -2.42. The van der Waals surface area contributed by atoms with Crippen molar-refractivity contribution < 1.29 is 17.6 Å². The van der Waals surface area contributed by atoms with Crippen molar-refractivity contribution in [3.8, 4) is 0 Å². The largest absolute Gasteiger partial charge is 0.322 e. The van der Waals surface area contributed by atoms with Gasteiger partial charge in [0.25, 0.3) is 15.9 Å².